The van der Waals surface area contributed by atoms with Crippen LogP contribution in [0.2, 0.25) is 0 Å². The Bertz CT molecular complexity index is 551. The summed E-state index contributed by atoms with van der Waals surface area (Å²) in [5.74, 6) is 1.45. The highest BCUT2D eigenvalue weighted by Gasteiger charge is 2.32. The minimum atomic E-state index is -4.27. The van der Waals surface area contributed by atoms with E-state index in [1.807, 2.05) is 6.20 Å². The summed E-state index contributed by atoms with van der Waals surface area (Å²) in [6.07, 6.45) is 2.25. The largest absolute Gasteiger partial charge is 0.389 e. The van der Waals surface area contributed by atoms with Gasteiger partial charge in [0.05, 0.1) is 6.42 Å². The summed E-state index contributed by atoms with van der Waals surface area (Å²) in [6.45, 7) is 2.00. The number of amides is 1. The highest BCUT2D eigenvalue weighted by molar-refractivity contribution is 5.76. The Morgan fingerprint density at radius 1 is 1.30 bits per heavy atom. The van der Waals surface area contributed by atoms with Gasteiger partial charge >= 0.3 is 6.18 Å². The Labute approximate surface area is 133 Å². The fourth-order valence-corrected chi connectivity index (χ4v) is 3.23. The predicted molar refractivity (Wildman–Crippen MR) is 78.8 cm³/mol. The van der Waals surface area contributed by atoms with Gasteiger partial charge < -0.3 is 9.47 Å². The van der Waals surface area contributed by atoms with Crippen LogP contribution in [0.25, 0.3) is 0 Å². The molecule has 3 rings (SSSR count). The van der Waals surface area contributed by atoms with E-state index in [0.717, 1.165) is 31.1 Å². The highest BCUT2D eigenvalue weighted by atomic mass is 19.4. The van der Waals surface area contributed by atoms with Gasteiger partial charge in [0.1, 0.15) is 5.82 Å². The number of aromatic nitrogens is 2. The van der Waals surface area contributed by atoms with Gasteiger partial charge in [-0.25, -0.2) is 4.98 Å². The topological polar surface area (TPSA) is 38.1 Å². The smallest absolute Gasteiger partial charge is 0.342 e. The van der Waals surface area contributed by atoms with Gasteiger partial charge in [-0.15, -0.1) is 0 Å². The number of piperidine rings is 1. The van der Waals surface area contributed by atoms with Crippen molar-refractivity contribution in [2.45, 2.75) is 57.2 Å². The number of alkyl halides is 3. The number of carbonyl (C=O) groups excluding carboxylic acids is 1. The number of carbonyl (C=O) groups is 1. The second-order valence-electron chi connectivity index (χ2n) is 6.68. The van der Waals surface area contributed by atoms with E-state index in [2.05, 4.69) is 9.55 Å². The van der Waals surface area contributed by atoms with Crippen LogP contribution in [0.3, 0.4) is 0 Å². The molecule has 128 valence electrons. The third-order valence-electron chi connectivity index (χ3n) is 4.66. The van der Waals surface area contributed by atoms with Crippen LogP contribution in [-0.2, 0) is 11.3 Å². The van der Waals surface area contributed by atoms with Crippen molar-refractivity contribution in [2.24, 2.45) is 5.92 Å². The molecular weight excluding hydrogens is 307 g/mol. The zero-order chi connectivity index (χ0) is 16.4. The molecule has 1 amide bonds. The molecule has 1 saturated heterocycles. The molecule has 2 aliphatic rings. The minimum Gasteiger partial charge on any atom is -0.342 e. The molecule has 7 heteroatoms. The summed E-state index contributed by atoms with van der Waals surface area (Å²) in [7, 11) is 0. The Hall–Kier alpha value is -1.53. The molecule has 2 fully saturated rings. The summed E-state index contributed by atoms with van der Waals surface area (Å²) >= 11 is 0. The molecule has 1 aromatic rings. The first-order chi connectivity index (χ1) is 10.9. The second-order valence-corrected chi connectivity index (χ2v) is 6.68. The zero-order valence-corrected chi connectivity index (χ0v) is 13.1. The number of hydrogen-bond acceptors (Lipinski definition) is 2. The van der Waals surface area contributed by atoms with Crippen molar-refractivity contribution < 1.29 is 18.0 Å². The fourth-order valence-electron chi connectivity index (χ4n) is 3.23. The van der Waals surface area contributed by atoms with Crippen molar-refractivity contribution in [1.29, 1.82) is 0 Å². The first kappa shape index (κ1) is 16.3. The third kappa shape index (κ3) is 4.48. The molecule has 0 aromatic carbocycles. The van der Waals surface area contributed by atoms with Crippen molar-refractivity contribution in [3.05, 3.63) is 18.2 Å². The van der Waals surface area contributed by atoms with Gasteiger partial charge in [-0.2, -0.15) is 13.2 Å². The lowest BCUT2D eigenvalue weighted by Gasteiger charge is -2.33. The monoisotopic (exact) mass is 329 g/mol. The predicted octanol–water partition coefficient (Wildman–Crippen LogP) is 3.34. The molecule has 0 N–H and O–H groups in total. The van der Waals surface area contributed by atoms with E-state index in [-0.39, 0.29) is 5.92 Å². The average molecular weight is 329 g/mol. The number of likely N-dealkylation sites (tertiary alicyclic amines) is 1. The van der Waals surface area contributed by atoms with Gasteiger partial charge in [-0.3, -0.25) is 4.79 Å². The van der Waals surface area contributed by atoms with Crippen LogP contribution in [-0.4, -0.2) is 39.6 Å². The summed E-state index contributed by atoms with van der Waals surface area (Å²) in [5.41, 5.74) is 0. The van der Waals surface area contributed by atoms with Crippen molar-refractivity contribution in [3.63, 3.8) is 0 Å². The van der Waals surface area contributed by atoms with E-state index in [1.54, 1.807) is 11.1 Å². The minimum absolute atomic E-state index is 0.132. The Morgan fingerprint density at radius 2 is 2.09 bits per heavy atom. The van der Waals surface area contributed by atoms with E-state index in [1.165, 1.54) is 12.8 Å². The molecule has 0 bridgehead atoms. The lowest BCUT2D eigenvalue weighted by atomic mass is 9.96. The quantitative estimate of drug-likeness (QED) is 0.831. The lowest BCUT2D eigenvalue weighted by molar-refractivity contribution is -0.149. The van der Waals surface area contributed by atoms with Gasteiger partial charge in [-0.1, -0.05) is 0 Å². The van der Waals surface area contributed by atoms with E-state index in [9.17, 15) is 18.0 Å². The number of imidazole rings is 1. The highest BCUT2D eigenvalue weighted by Crippen LogP contribution is 2.33. The van der Waals surface area contributed by atoms with Crippen LogP contribution in [0.1, 0.15) is 50.3 Å². The standard InChI is InChI=1S/C16H22F3N3O/c17-16(18,19)6-5-14(23)21-8-1-2-13(11-21)15-20-7-9-22(15)10-12-3-4-12/h7,9,12-13H,1-6,8,10-11H2. The maximum absolute atomic E-state index is 12.3. The summed E-state index contributed by atoms with van der Waals surface area (Å²) in [5, 5.41) is 0. The summed E-state index contributed by atoms with van der Waals surface area (Å²) in [6, 6.07) is 0. The third-order valence-corrected chi connectivity index (χ3v) is 4.66. The first-order valence-corrected chi connectivity index (χ1v) is 8.28. The van der Waals surface area contributed by atoms with Crippen molar-refractivity contribution in [2.75, 3.05) is 13.1 Å². The maximum Gasteiger partial charge on any atom is 0.389 e. The Kier molecular flexibility index (Phi) is 4.64. The van der Waals surface area contributed by atoms with Crippen molar-refractivity contribution in [1.82, 2.24) is 14.5 Å². The fraction of sp³-hybridized carbons (Fsp3) is 0.750. The Balaban J connectivity index is 1.59. The SMILES string of the molecule is O=C(CCC(F)(F)F)N1CCCC(c2nccn2CC2CC2)C1. The van der Waals surface area contributed by atoms with Crippen LogP contribution in [0.15, 0.2) is 12.4 Å². The molecule has 1 saturated carbocycles. The van der Waals surface area contributed by atoms with Crippen LogP contribution >= 0.6 is 0 Å². The van der Waals surface area contributed by atoms with Gasteiger partial charge in [0.2, 0.25) is 5.91 Å². The molecule has 1 unspecified atom stereocenters. The maximum atomic E-state index is 12.3. The van der Waals surface area contributed by atoms with Crippen LogP contribution in [0.4, 0.5) is 13.2 Å². The van der Waals surface area contributed by atoms with E-state index in [4.69, 9.17) is 0 Å². The van der Waals surface area contributed by atoms with Crippen molar-refractivity contribution in [3.8, 4) is 0 Å². The molecule has 1 aliphatic heterocycles. The number of halogens is 3. The molecule has 0 radical (unpaired) electrons. The first-order valence-electron chi connectivity index (χ1n) is 8.28. The van der Waals surface area contributed by atoms with E-state index in [0.29, 0.717) is 13.1 Å². The average Bonchev–Trinajstić information content (AvgIpc) is 3.20. The van der Waals surface area contributed by atoms with Crippen LogP contribution in [0.5, 0.6) is 0 Å². The van der Waals surface area contributed by atoms with Crippen molar-refractivity contribution >= 4 is 5.91 Å². The van der Waals surface area contributed by atoms with E-state index >= 15 is 0 Å². The van der Waals surface area contributed by atoms with Gasteiger partial charge in [0, 0.05) is 44.4 Å². The van der Waals surface area contributed by atoms with E-state index < -0.39 is 24.9 Å². The zero-order valence-electron chi connectivity index (χ0n) is 13.1. The second kappa shape index (κ2) is 6.53. The number of hydrogen-bond donors (Lipinski definition) is 0. The molecule has 23 heavy (non-hydrogen) atoms. The van der Waals surface area contributed by atoms with Crippen LogP contribution in [0, 0.1) is 5.92 Å². The van der Waals surface area contributed by atoms with Gasteiger partial charge in [0.25, 0.3) is 0 Å². The molecule has 1 aliphatic carbocycles. The van der Waals surface area contributed by atoms with Gasteiger partial charge in [0.15, 0.2) is 0 Å². The number of nitrogens with zero attached hydrogens (tertiary/aromatic N) is 3. The summed E-state index contributed by atoms with van der Waals surface area (Å²) < 4.78 is 39.0. The summed E-state index contributed by atoms with van der Waals surface area (Å²) in [4.78, 5) is 18.1. The van der Waals surface area contributed by atoms with Crippen LogP contribution < -0.4 is 0 Å². The lowest BCUT2D eigenvalue weighted by Crippen LogP contribution is -2.40. The molecule has 0 spiro atoms. The molecule has 2 heterocycles. The van der Waals surface area contributed by atoms with Gasteiger partial charge in [-0.05, 0) is 31.6 Å². The molecule has 1 aromatic heterocycles. The normalized spacial score (nSPS) is 22.4. The Morgan fingerprint density at radius 3 is 2.78 bits per heavy atom. The molecular formula is C16H22F3N3O. The number of rotatable bonds is 5. The molecule has 4 nitrogen and oxygen atoms in total. The molecule has 1 atom stereocenters.